The Hall–Kier alpha value is -3.32. The van der Waals surface area contributed by atoms with Gasteiger partial charge in [-0.25, -0.2) is 0 Å². The van der Waals surface area contributed by atoms with E-state index in [1.54, 1.807) is 6.07 Å². The van der Waals surface area contributed by atoms with E-state index >= 15 is 0 Å². The summed E-state index contributed by atoms with van der Waals surface area (Å²) in [6.07, 6.45) is 0.809. The van der Waals surface area contributed by atoms with Gasteiger partial charge in [0.15, 0.2) is 5.43 Å². The maximum atomic E-state index is 13.6. The van der Waals surface area contributed by atoms with Crippen LogP contribution in [0.4, 0.5) is 5.13 Å². The third-order valence-corrected chi connectivity index (χ3v) is 6.30. The highest BCUT2D eigenvalue weighted by molar-refractivity contribution is 7.15. The quantitative estimate of drug-likeness (QED) is 0.488. The minimum absolute atomic E-state index is 0.0789. The molecular weight excluding hydrogens is 398 g/mol. The predicted octanol–water partition coefficient (Wildman–Crippen LogP) is 4.57. The van der Waals surface area contributed by atoms with Gasteiger partial charge in [-0.3, -0.25) is 14.5 Å². The van der Waals surface area contributed by atoms with E-state index in [0.717, 1.165) is 28.1 Å². The Morgan fingerprint density at radius 3 is 2.50 bits per heavy atom. The van der Waals surface area contributed by atoms with Crippen LogP contribution in [0.1, 0.15) is 50.8 Å². The molecule has 3 heterocycles. The number of carbonyl (C=O) groups is 1. The first-order valence-corrected chi connectivity index (χ1v) is 10.6. The SMILES string of the molecule is CCc1ccc2oc3c(c(=O)c2c1)C(c1ccc(C)cc1)N(c1nnc(C)s1)C3=O. The van der Waals surface area contributed by atoms with E-state index in [9.17, 15) is 9.59 Å². The van der Waals surface area contributed by atoms with E-state index in [1.165, 1.54) is 16.2 Å². The second-order valence-electron chi connectivity index (χ2n) is 7.45. The number of aryl methyl sites for hydroxylation is 3. The minimum Gasteiger partial charge on any atom is -0.450 e. The zero-order valence-corrected chi connectivity index (χ0v) is 17.6. The number of aromatic nitrogens is 2. The van der Waals surface area contributed by atoms with Gasteiger partial charge in [0.05, 0.1) is 17.0 Å². The summed E-state index contributed by atoms with van der Waals surface area (Å²) in [6, 6.07) is 12.8. The molecule has 1 aliphatic rings. The number of rotatable bonds is 3. The number of amides is 1. The van der Waals surface area contributed by atoms with E-state index < -0.39 is 6.04 Å². The molecule has 0 fully saturated rings. The van der Waals surface area contributed by atoms with E-state index in [4.69, 9.17) is 4.42 Å². The molecule has 0 saturated heterocycles. The molecule has 6 nitrogen and oxygen atoms in total. The summed E-state index contributed by atoms with van der Waals surface area (Å²) in [5, 5.41) is 9.94. The number of hydrogen-bond acceptors (Lipinski definition) is 6. The molecule has 0 aliphatic carbocycles. The summed E-state index contributed by atoms with van der Waals surface area (Å²) in [5.74, 6) is -0.291. The van der Waals surface area contributed by atoms with Gasteiger partial charge in [-0.1, -0.05) is 54.2 Å². The van der Waals surface area contributed by atoms with Crippen LogP contribution in [0, 0.1) is 13.8 Å². The molecule has 2 aromatic carbocycles. The summed E-state index contributed by atoms with van der Waals surface area (Å²) in [7, 11) is 0. The number of hydrogen-bond donors (Lipinski definition) is 0. The van der Waals surface area contributed by atoms with E-state index in [2.05, 4.69) is 10.2 Å². The number of anilines is 1. The van der Waals surface area contributed by atoms with Gasteiger partial charge in [0.2, 0.25) is 10.9 Å². The Labute approximate surface area is 176 Å². The highest BCUT2D eigenvalue weighted by Gasteiger charge is 2.45. The first-order valence-electron chi connectivity index (χ1n) is 9.77. The molecule has 30 heavy (non-hydrogen) atoms. The lowest BCUT2D eigenvalue weighted by molar-refractivity contribution is 0.0970. The highest BCUT2D eigenvalue weighted by Crippen LogP contribution is 2.42. The van der Waals surface area contributed by atoms with Crippen molar-refractivity contribution in [1.82, 2.24) is 10.2 Å². The average molecular weight is 417 g/mol. The lowest BCUT2D eigenvalue weighted by Crippen LogP contribution is -2.29. The van der Waals surface area contributed by atoms with Gasteiger partial charge in [-0.15, -0.1) is 10.2 Å². The second kappa shape index (κ2) is 6.88. The van der Waals surface area contributed by atoms with E-state index in [0.29, 0.717) is 21.7 Å². The summed E-state index contributed by atoms with van der Waals surface area (Å²) in [4.78, 5) is 28.5. The zero-order valence-electron chi connectivity index (χ0n) is 16.8. The smallest absolute Gasteiger partial charge is 0.297 e. The number of fused-ring (bicyclic) bond motifs is 2. The largest absolute Gasteiger partial charge is 0.450 e. The van der Waals surface area contributed by atoms with Crippen LogP contribution in [-0.4, -0.2) is 16.1 Å². The van der Waals surface area contributed by atoms with E-state index in [-0.39, 0.29) is 17.1 Å². The molecule has 1 atom stereocenters. The summed E-state index contributed by atoms with van der Waals surface area (Å²) in [5.41, 5.74) is 3.57. The standard InChI is InChI=1S/C23H19N3O3S/c1-4-14-7-10-17-16(11-14)20(27)18-19(15-8-5-12(2)6-9-15)26(22(28)21(18)29-17)23-25-24-13(3)30-23/h5-11,19H,4H2,1-3H3. The lowest BCUT2D eigenvalue weighted by Gasteiger charge is -2.22. The molecule has 0 saturated carbocycles. The van der Waals surface area contributed by atoms with Gasteiger partial charge < -0.3 is 4.42 Å². The van der Waals surface area contributed by atoms with Crippen molar-refractivity contribution in [3.63, 3.8) is 0 Å². The molecule has 1 amide bonds. The van der Waals surface area contributed by atoms with Crippen LogP contribution in [0.2, 0.25) is 0 Å². The molecule has 150 valence electrons. The van der Waals surface area contributed by atoms with Gasteiger partial charge in [-0.05, 0) is 43.5 Å². The molecule has 1 aliphatic heterocycles. The van der Waals surface area contributed by atoms with Crippen LogP contribution in [-0.2, 0) is 6.42 Å². The topological polar surface area (TPSA) is 76.3 Å². The van der Waals surface area contributed by atoms with Crippen molar-refractivity contribution in [2.24, 2.45) is 0 Å². The van der Waals surface area contributed by atoms with Gasteiger partial charge in [0.25, 0.3) is 5.91 Å². The average Bonchev–Trinajstić information content (AvgIpc) is 3.30. The Morgan fingerprint density at radius 2 is 1.83 bits per heavy atom. The third kappa shape index (κ3) is 2.77. The Kier molecular flexibility index (Phi) is 4.29. The van der Waals surface area contributed by atoms with Gasteiger partial charge in [0.1, 0.15) is 10.6 Å². The van der Waals surface area contributed by atoms with Crippen molar-refractivity contribution in [2.75, 3.05) is 4.90 Å². The van der Waals surface area contributed by atoms with Crippen molar-refractivity contribution >= 4 is 33.3 Å². The molecule has 0 radical (unpaired) electrons. The van der Waals surface area contributed by atoms with Gasteiger partial charge >= 0.3 is 0 Å². The van der Waals surface area contributed by atoms with Crippen LogP contribution in [0.25, 0.3) is 11.0 Å². The predicted molar refractivity (Wildman–Crippen MR) is 116 cm³/mol. The summed E-state index contributed by atoms with van der Waals surface area (Å²) in [6.45, 7) is 5.87. The molecule has 0 bridgehead atoms. The number of carbonyl (C=O) groups excluding carboxylic acids is 1. The molecule has 7 heteroatoms. The normalized spacial score (nSPS) is 15.8. The van der Waals surface area contributed by atoms with Crippen molar-refractivity contribution < 1.29 is 9.21 Å². The van der Waals surface area contributed by atoms with Crippen LogP contribution < -0.4 is 10.3 Å². The van der Waals surface area contributed by atoms with Crippen LogP contribution in [0.3, 0.4) is 0 Å². The van der Waals surface area contributed by atoms with Crippen LogP contribution >= 0.6 is 11.3 Å². The fraction of sp³-hybridized carbons (Fsp3) is 0.217. The summed E-state index contributed by atoms with van der Waals surface area (Å²) < 4.78 is 6.00. The Balaban J connectivity index is 1.81. The molecular formula is C23H19N3O3S. The fourth-order valence-electron chi connectivity index (χ4n) is 3.88. The highest BCUT2D eigenvalue weighted by atomic mass is 32.1. The Bertz CT molecular complexity index is 1350. The van der Waals surface area contributed by atoms with Crippen molar-refractivity contribution in [3.05, 3.63) is 85.7 Å². The molecule has 0 spiro atoms. The lowest BCUT2D eigenvalue weighted by atomic mass is 9.97. The number of benzene rings is 2. The van der Waals surface area contributed by atoms with Crippen molar-refractivity contribution in [1.29, 1.82) is 0 Å². The molecule has 4 aromatic rings. The van der Waals surface area contributed by atoms with E-state index in [1.807, 2.05) is 57.2 Å². The molecule has 1 unspecified atom stereocenters. The second-order valence-corrected chi connectivity index (χ2v) is 8.61. The van der Waals surface area contributed by atoms with Crippen molar-refractivity contribution in [3.8, 4) is 0 Å². The van der Waals surface area contributed by atoms with Crippen LogP contribution in [0.5, 0.6) is 0 Å². The Morgan fingerprint density at radius 1 is 1.07 bits per heavy atom. The first kappa shape index (κ1) is 18.7. The zero-order chi connectivity index (χ0) is 21.0. The summed E-state index contributed by atoms with van der Waals surface area (Å²) >= 11 is 1.32. The monoisotopic (exact) mass is 417 g/mol. The third-order valence-electron chi connectivity index (χ3n) is 5.46. The maximum absolute atomic E-state index is 13.6. The van der Waals surface area contributed by atoms with Crippen LogP contribution in [0.15, 0.2) is 51.7 Å². The first-order chi connectivity index (χ1) is 14.5. The maximum Gasteiger partial charge on any atom is 0.297 e. The number of nitrogens with zero attached hydrogens (tertiary/aromatic N) is 3. The molecule has 5 rings (SSSR count). The minimum atomic E-state index is -0.605. The fourth-order valence-corrected chi connectivity index (χ4v) is 4.60. The molecule has 2 aromatic heterocycles. The molecule has 0 N–H and O–H groups in total. The van der Waals surface area contributed by atoms with Gasteiger partial charge in [0, 0.05) is 0 Å². The van der Waals surface area contributed by atoms with Crippen molar-refractivity contribution in [2.45, 2.75) is 33.2 Å². The van der Waals surface area contributed by atoms with Gasteiger partial charge in [-0.2, -0.15) is 0 Å².